The number of benzene rings is 1. The van der Waals surface area contributed by atoms with E-state index in [4.69, 9.17) is 5.73 Å². The average molecular weight is 400 g/mol. The van der Waals surface area contributed by atoms with Crippen LogP contribution in [-0.2, 0) is 19.9 Å². The summed E-state index contributed by atoms with van der Waals surface area (Å²) in [6, 6.07) is 3.73. The third kappa shape index (κ3) is 2.97. The lowest BCUT2D eigenvalue weighted by Gasteiger charge is -2.11. The molecule has 3 aromatic rings. The van der Waals surface area contributed by atoms with Gasteiger partial charge in [0, 0.05) is 11.9 Å². The highest BCUT2D eigenvalue weighted by atomic mass is 32.1. The number of rotatable bonds is 3. The Hall–Kier alpha value is -3.07. The van der Waals surface area contributed by atoms with Crippen LogP contribution in [0.4, 0.5) is 9.39 Å². The number of anilines is 1. The molecule has 2 aromatic heterocycles. The second-order valence-electron chi connectivity index (χ2n) is 6.70. The third-order valence-corrected chi connectivity index (χ3v) is 6.08. The Labute approximate surface area is 163 Å². The second kappa shape index (κ2) is 6.83. The van der Waals surface area contributed by atoms with Gasteiger partial charge in [-0.3, -0.25) is 19.1 Å². The van der Waals surface area contributed by atoms with Crippen LogP contribution < -0.4 is 16.5 Å². The fourth-order valence-corrected chi connectivity index (χ4v) is 4.86. The van der Waals surface area contributed by atoms with Crippen LogP contribution in [0.3, 0.4) is 0 Å². The van der Waals surface area contributed by atoms with Crippen molar-refractivity contribution in [1.82, 2.24) is 9.78 Å². The maximum Gasteiger partial charge on any atom is 0.280 e. The molecule has 3 N–H and O–H groups in total. The van der Waals surface area contributed by atoms with E-state index in [1.165, 1.54) is 28.2 Å². The van der Waals surface area contributed by atoms with Crippen molar-refractivity contribution in [2.24, 2.45) is 12.8 Å². The van der Waals surface area contributed by atoms with Gasteiger partial charge in [-0.25, -0.2) is 4.39 Å². The molecule has 7 nitrogen and oxygen atoms in total. The van der Waals surface area contributed by atoms with Crippen molar-refractivity contribution in [2.75, 3.05) is 5.32 Å². The number of nitrogens with one attached hydrogen (secondary N) is 1. The molecule has 0 bridgehead atoms. The summed E-state index contributed by atoms with van der Waals surface area (Å²) in [7, 11) is 1.56. The predicted octanol–water partition coefficient (Wildman–Crippen LogP) is 2.36. The first kappa shape index (κ1) is 18.3. The number of aryl methyl sites for hydroxylation is 2. The number of primary amides is 1. The molecule has 1 aliphatic rings. The first-order valence-corrected chi connectivity index (χ1v) is 9.60. The van der Waals surface area contributed by atoms with Crippen molar-refractivity contribution < 1.29 is 14.0 Å². The van der Waals surface area contributed by atoms with Crippen LogP contribution in [0, 0.1) is 5.82 Å². The van der Waals surface area contributed by atoms with Crippen molar-refractivity contribution in [1.29, 1.82) is 0 Å². The number of carbonyl (C=O) groups excluding carboxylic acids is 2. The Kier molecular flexibility index (Phi) is 4.46. The van der Waals surface area contributed by atoms with Crippen molar-refractivity contribution in [3.63, 3.8) is 0 Å². The minimum absolute atomic E-state index is 0.0586. The number of carbonyl (C=O) groups is 2. The molecular weight excluding hydrogens is 383 g/mol. The summed E-state index contributed by atoms with van der Waals surface area (Å²) in [5.74, 6) is -1.95. The summed E-state index contributed by atoms with van der Waals surface area (Å²) in [6.07, 6.45) is 3.52. The third-order valence-electron chi connectivity index (χ3n) is 4.88. The van der Waals surface area contributed by atoms with E-state index >= 15 is 0 Å². The lowest BCUT2D eigenvalue weighted by molar-refractivity contribution is 0.100. The smallest absolute Gasteiger partial charge is 0.280 e. The zero-order valence-corrected chi connectivity index (χ0v) is 15.9. The monoisotopic (exact) mass is 400 g/mol. The molecule has 28 heavy (non-hydrogen) atoms. The van der Waals surface area contributed by atoms with Gasteiger partial charge in [-0.05, 0) is 49.4 Å². The van der Waals surface area contributed by atoms with Crippen LogP contribution in [0.15, 0.2) is 23.0 Å². The number of amides is 2. The van der Waals surface area contributed by atoms with Gasteiger partial charge in [0.05, 0.1) is 16.5 Å². The summed E-state index contributed by atoms with van der Waals surface area (Å²) in [5, 5.41) is 7.05. The number of hydrogen-bond donors (Lipinski definition) is 2. The first-order valence-electron chi connectivity index (χ1n) is 8.79. The van der Waals surface area contributed by atoms with Gasteiger partial charge in [-0.15, -0.1) is 11.3 Å². The first-order chi connectivity index (χ1) is 13.4. The van der Waals surface area contributed by atoms with Crippen LogP contribution in [0.25, 0.3) is 10.9 Å². The highest BCUT2D eigenvalue weighted by Crippen LogP contribution is 2.38. The molecule has 0 unspecified atom stereocenters. The number of aromatic nitrogens is 2. The van der Waals surface area contributed by atoms with Crippen molar-refractivity contribution in [3.05, 3.63) is 55.9 Å². The second-order valence-corrected chi connectivity index (χ2v) is 7.80. The molecule has 0 atom stereocenters. The standard InChI is InChI=1S/C19H17FN4O3S/c1-24-12-7-6-9(20)8-11(12)16(25)15(23-24)18(27)22-19-14(17(21)26)10-4-2-3-5-13(10)28-19/h6-8H,2-5H2,1H3,(H2,21,26)(H,22,27). The average Bonchev–Trinajstić information content (AvgIpc) is 3.02. The van der Waals surface area contributed by atoms with Gasteiger partial charge < -0.3 is 11.1 Å². The topological polar surface area (TPSA) is 107 Å². The Morgan fingerprint density at radius 3 is 2.79 bits per heavy atom. The molecule has 0 saturated heterocycles. The number of hydrogen-bond acceptors (Lipinski definition) is 5. The van der Waals surface area contributed by atoms with Gasteiger partial charge in [0.25, 0.3) is 11.8 Å². The van der Waals surface area contributed by atoms with E-state index in [1.807, 2.05) is 0 Å². The quantitative estimate of drug-likeness (QED) is 0.704. The predicted molar refractivity (Wildman–Crippen MR) is 104 cm³/mol. The molecule has 1 aromatic carbocycles. The molecule has 0 radical (unpaired) electrons. The van der Waals surface area contributed by atoms with E-state index in [-0.39, 0.29) is 11.1 Å². The van der Waals surface area contributed by atoms with Crippen molar-refractivity contribution in [3.8, 4) is 0 Å². The maximum absolute atomic E-state index is 13.6. The normalized spacial score (nSPS) is 13.4. The molecule has 0 fully saturated rings. The van der Waals surface area contributed by atoms with E-state index < -0.39 is 23.1 Å². The Morgan fingerprint density at radius 2 is 2.04 bits per heavy atom. The lowest BCUT2D eigenvalue weighted by Crippen LogP contribution is -2.27. The Morgan fingerprint density at radius 1 is 1.29 bits per heavy atom. The van der Waals surface area contributed by atoms with E-state index in [0.29, 0.717) is 16.1 Å². The lowest BCUT2D eigenvalue weighted by atomic mass is 9.95. The SMILES string of the molecule is Cn1nc(C(=O)Nc2sc3c(c2C(N)=O)CCCC3)c(=O)c2cc(F)ccc21. The Bertz CT molecular complexity index is 1200. The molecule has 9 heteroatoms. The fourth-order valence-electron chi connectivity index (χ4n) is 3.57. The van der Waals surface area contributed by atoms with Crippen molar-refractivity contribution in [2.45, 2.75) is 25.7 Å². The molecule has 0 spiro atoms. The van der Waals surface area contributed by atoms with E-state index in [9.17, 15) is 18.8 Å². The van der Waals surface area contributed by atoms with Gasteiger partial charge in [-0.1, -0.05) is 0 Å². The van der Waals surface area contributed by atoms with Gasteiger partial charge in [-0.2, -0.15) is 5.10 Å². The zero-order chi connectivity index (χ0) is 20.0. The summed E-state index contributed by atoms with van der Waals surface area (Å²) in [4.78, 5) is 38.4. The van der Waals surface area contributed by atoms with E-state index in [1.54, 1.807) is 7.05 Å². The molecule has 144 valence electrons. The van der Waals surface area contributed by atoms with Crippen LogP contribution in [0.5, 0.6) is 0 Å². The number of halogens is 1. The molecule has 2 heterocycles. The van der Waals surface area contributed by atoms with Crippen LogP contribution in [0.2, 0.25) is 0 Å². The van der Waals surface area contributed by atoms with Gasteiger partial charge in [0.1, 0.15) is 10.8 Å². The number of thiophene rings is 1. The minimum Gasteiger partial charge on any atom is -0.365 e. The largest absolute Gasteiger partial charge is 0.365 e. The van der Waals surface area contributed by atoms with E-state index in [0.717, 1.165) is 42.2 Å². The zero-order valence-electron chi connectivity index (χ0n) is 15.0. The van der Waals surface area contributed by atoms with Crippen molar-refractivity contribution >= 4 is 39.1 Å². The van der Waals surface area contributed by atoms with Gasteiger partial charge in [0.15, 0.2) is 5.69 Å². The highest BCUT2D eigenvalue weighted by molar-refractivity contribution is 7.17. The van der Waals surface area contributed by atoms with Gasteiger partial charge in [0.2, 0.25) is 5.43 Å². The number of nitrogens with zero attached hydrogens (tertiary/aromatic N) is 2. The highest BCUT2D eigenvalue weighted by Gasteiger charge is 2.26. The summed E-state index contributed by atoms with van der Waals surface area (Å²) in [5.41, 5.74) is 6.08. The van der Waals surface area contributed by atoms with Crippen LogP contribution >= 0.6 is 11.3 Å². The number of nitrogens with two attached hydrogens (primary N) is 1. The molecule has 0 saturated carbocycles. The summed E-state index contributed by atoms with van der Waals surface area (Å²) in [6.45, 7) is 0. The molecular formula is C19H17FN4O3S. The molecule has 1 aliphatic carbocycles. The fraction of sp³-hybridized carbons (Fsp3) is 0.263. The Balaban J connectivity index is 1.78. The molecule has 0 aliphatic heterocycles. The minimum atomic E-state index is -0.757. The maximum atomic E-state index is 13.6. The molecule has 2 amide bonds. The van der Waals surface area contributed by atoms with Crippen LogP contribution in [0.1, 0.15) is 44.1 Å². The number of fused-ring (bicyclic) bond motifs is 2. The van der Waals surface area contributed by atoms with Crippen LogP contribution in [-0.4, -0.2) is 21.6 Å². The molecule has 4 rings (SSSR count). The van der Waals surface area contributed by atoms with E-state index in [2.05, 4.69) is 10.4 Å². The summed E-state index contributed by atoms with van der Waals surface area (Å²) >= 11 is 1.30. The summed E-state index contributed by atoms with van der Waals surface area (Å²) < 4.78 is 14.9. The van der Waals surface area contributed by atoms with Gasteiger partial charge >= 0.3 is 0 Å².